The second-order valence-corrected chi connectivity index (χ2v) is 6.20. The normalized spacial score (nSPS) is 15.2. The molecule has 116 valence electrons. The molecule has 0 radical (unpaired) electrons. The topological polar surface area (TPSA) is 114 Å². The number of nitrogens with one attached hydrogen (secondary N) is 1. The monoisotopic (exact) mass is 330 g/mol. The summed E-state index contributed by atoms with van der Waals surface area (Å²) in [4.78, 5) is 10.2. The van der Waals surface area contributed by atoms with Crippen LogP contribution in [0.3, 0.4) is 0 Å². The first-order valence-corrected chi connectivity index (χ1v) is 7.89. The number of non-ortho nitro benzene ring substituents is 1. The Hall–Kier alpha value is -3.07. The fourth-order valence-corrected chi connectivity index (χ4v) is 3.21. The number of hydrogen-bond acceptors (Lipinski definition) is 6. The van der Waals surface area contributed by atoms with Crippen molar-refractivity contribution in [3.63, 3.8) is 0 Å². The molecular formula is C14H10N4O4S. The molecule has 0 unspecified atom stereocenters. The summed E-state index contributed by atoms with van der Waals surface area (Å²) < 4.78 is 27.3. The van der Waals surface area contributed by atoms with Crippen LogP contribution in [0, 0.1) is 10.1 Å². The first-order chi connectivity index (χ1) is 11.0. The molecular weight excluding hydrogens is 320 g/mol. The lowest BCUT2D eigenvalue weighted by atomic mass is 10.2. The highest BCUT2D eigenvalue weighted by Crippen LogP contribution is 2.24. The molecule has 0 fully saturated rings. The Morgan fingerprint density at radius 2 is 1.83 bits per heavy atom. The van der Waals surface area contributed by atoms with Gasteiger partial charge in [0.1, 0.15) is 4.90 Å². The van der Waals surface area contributed by atoms with Crippen LogP contribution in [-0.2, 0) is 10.0 Å². The van der Waals surface area contributed by atoms with Crippen LogP contribution in [0.5, 0.6) is 0 Å². The Bertz CT molecular complexity index is 934. The molecule has 1 aliphatic rings. The smallest absolute Gasteiger partial charge is 0.260 e. The molecule has 23 heavy (non-hydrogen) atoms. The maximum Gasteiger partial charge on any atom is 0.285 e. The van der Waals surface area contributed by atoms with E-state index in [0.717, 1.165) is 0 Å². The van der Waals surface area contributed by atoms with Crippen LogP contribution in [0.15, 0.2) is 62.9 Å². The first kappa shape index (κ1) is 14.9. The van der Waals surface area contributed by atoms with Crippen molar-refractivity contribution in [2.45, 2.75) is 4.90 Å². The maximum atomic E-state index is 11.9. The molecule has 0 amide bonds. The molecule has 1 heterocycles. The van der Waals surface area contributed by atoms with Crippen molar-refractivity contribution in [2.24, 2.45) is 9.50 Å². The molecule has 2 aromatic rings. The minimum Gasteiger partial charge on any atom is -0.260 e. The van der Waals surface area contributed by atoms with Gasteiger partial charge < -0.3 is 0 Å². The molecule has 1 N–H and O–H groups in total. The Morgan fingerprint density at radius 1 is 1.13 bits per heavy atom. The van der Waals surface area contributed by atoms with Gasteiger partial charge in [-0.25, -0.2) is 0 Å². The zero-order valence-corrected chi connectivity index (χ0v) is 12.4. The Kier molecular flexibility index (Phi) is 3.62. The first-order valence-electron chi connectivity index (χ1n) is 6.45. The van der Waals surface area contributed by atoms with Gasteiger partial charge in [-0.1, -0.05) is 12.1 Å². The van der Waals surface area contributed by atoms with Crippen LogP contribution >= 0.6 is 0 Å². The zero-order chi connectivity index (χ0) is 16.4. The summed E-state index contributed by atoms with van der Waals surface area (Å²) in [5.74, 6) is 0.138. The van der Waals surface area contributed by atoms with Crippen molar-refractivity contribution < 1.29 is 13.3 Å². The minimum absolute atomic E-state index is 0.0182. The summed E-state index contributed by atoms with van der Waals surface area (Å²) in [5.41, 5.74) is 3.64. The molecule has 0 atom stereocenters. The van der Waals surface area contributed by atoms with Gasteiger partial charge in [0.05, 0.1) is 11.1 Å². The van der Waals surface area contributed by atoms with E-state index in [2.05, 4.69) is 14.9 Å². The highest BCUT2D eigenvalue weighted by Gasteiger charge is 2.28. The Labute approximate surface area is 131 Å². The van der Waals surface area contributed by atoms with Gasteiger partial charge in [0.15, 0.2) is 5.84 Å². The van der Waals surface area contributed by atoms with E-state index in [4.69, 9.17) is 0 Å². The van der Waals surface area contributed by atoms with E-state index in [1.165, 1.54) is 36.5 Å². The molecule has 0 spiro atoms. The zero-order valence-electron chi connectivity index (χ0n) is 11.6. The van der Waals surface area contributed by atoms with E-state index >= 15 is 0 Å². The van der Waals surface area contributed by atoms with Crippen molar-refractivity contribution in [1.82, 2.24) is 5.43 Å². The second-order valence-electron chi connectivity index (χ2n) is 4.63. The quantitative estimate of drug-likeness (QED) is 0.522. The molecule has 8 nitrogen and oxygen atoms in total. The second kappa shape index (κ2) is 5.61. The molecule has 0 saturated carbocycles. The lowest BCUT2D eigenvalue weighted by Crippen LogP contribution is -2.17. The van der Waals surface area contributed by atoms with Crippen molar-refractivity contribution in [3.05, 3.63) is 69.8 Å². The van der Waals surface area contributed by atoms with E-state index in [1.807, 2.05) is 0 Å². The van der Waals surface area contributed by atoms with Crippen molar-refractivity contribution >= 4 is 27.8 Å². The number of fused-ring (bicyclic) bond motifs is 1. The summed E-state index contributed by atoms with van der Waals surface area (Å²) in [5, 5.41) is 14.5. The SMILES string of the molecule is O=[N+]([O-])c1ccc(/C=N\NC2=NS(=O)(=O)c3ccccc32)cc1. The number of sulfonamides is 1. The van der Waals surface area contributed by atoms with Crippen LogP contribution in [0.4, 0.5) is 5.69 Å². The van der Waals surface area contributed by atoms with Crippen molar-refractivity contribution in [2.75, 3.05) is 0 Å². The lowest BCUT2D eigenvalue weighted by Gasteiger charge is -2.00. The van der Waals surface area contributed by atoms with Gasteiger partial charge in [0.2, 0.25) is 0 Å². The number of nitrogens with zero attached hydrogens (tertiary/aromatic N) is 3. The predicted molar refractivity (Wildman–Crippen MR) is 84.0 cm³/mol. The van der Waals surface area contributed by atoms with E-state index in [-0.39, 0.29) is 16.4 Å². The Morgan fingerprint density at radius 3 is 2.52 bits per heavy atom. The number of nitro benzene ring substituents is 1. The number of nitro groups is 1. The fraction of sp³-hybridized carbons (Fsp3) is 0. The summed E-state index contributed by atoms with van der Waals surface area (Å²) >= 11 is 0. The molecule has 0 bridgehead atoms. The summed E-state index contributed by atoms with van der Waals surface area (Å²) in [6.45, 7) is 0. The van der Waals surface area contributed by atoms with Crippen LogP contribution < -0.4 is 5.43 Å². The predicted octanol–water partition coefficient (Wildman–Crippen LogP) is 1.67. The van der Waals surface area contributed by atoms with Gasteiger partial charge >= 0.3 is 0 Å². The van der Waals surface area contributed by atoms with Gasteiger partial charge in [0, 0.05) is 17.7 Å². The number of benzene rings is 2. The van der Waals surface area contributed by atoms with Crippen molar-refractivity contribution in [3.8, 4) is 0 Å². The maximum absolute atomic E-state index is 11.9. The third-order valence-corrected chi connectivity index (χ3v) is 4.45. The minimum atomic E-state index is -3.69. The van der Waals surface area contributed by atoms with Crippen LogP contribution in [0.25, 0.3) is 0 Å². The highest BCUT2D eigenvalue weighted by molar-refractivity contribution is 7.90. The highest BCUT2D eigenvalue weighted by atomic mass is 32.2. The third kappa shape index (κ3) is 2.94. The standard InChI is InChI=1S/C14H10N4O4S/c19-18(20)11-7-5-10(6-8-11)9-15-16-14-12-3-1-2-4-13(12)23(21,22)17-14/h1-9H,(H,16,17)/b15-9-. The summed E-state index contributed by atoms with van der Waals surface area (Å²) in [6, 6.07) is 12.2. The van der Waals surface area contributed by atoms with Gasteiger partial charge in [-0.2, -0.15) is 13.5 Å². The van der Waals surface area contributed by atoms with E-state index in [9.17, 15) is 18.5 Å². The molecule has 9 heteroatoms. The number of hydrogen-bond donors (Lipinski definition) is 1. The average Bonchev–Trinajstić information content (AvgIpc) is 2.79. The molecule has 0 aromatic heterocycles. The molecule has 0 saturated heterocycles. The third-order valence-electron chi connectivity index (χ3n) is 3.12. The van der Waals surface area contributed by atoms with E-state index in [0.29, 0.717) is 11.1 Å². The molecule has 0 aliphatic carbocycles. The molecule has 1 aliphatic heterocycles. The fourth-order valence-electron chi connectivity index (χ4n) is 2.04. The lowest BCUT2D eigenvalue weighted by molar-refractivity contribution is -0.384. The Balaban J connectivity index is 1.78. The summed E-state index contributed by atoms with van der Waals surface area (Å²) in [7, 11) is -3.69. The van der Waals surface area contributed by atoms with Crippen LogP contribution in [-0.4, -0.2) is 25.4 Å². The van der Waals surface area contributed by atoms with Gasteiger partial charge in [-0.15, -0.1) is 4.40 Å². The van der Waals surface area contributed by atoms with Crippen molar-refractivity contribution in [1.29, 1.82) is 0 Å². The van der Waals surface area contributed by atoms with Crippen LogP contribution in [0.2, 0.25) is 0 Å². The number of hydrazone groups is 1. The summed E-state index contributed by atoms with van der Waals surface area (Å²) in [6.07, 6.45) is 1.42. The number of amidine groups is 1. The van der Waals surface area contributed by atoms with Crippen LogP contribution in [0.1, 0.15) is 11.1 Å². The van der Waals surface area contributed by atoms with Gasteiger partial charge in [0.25, 0.3) is 15.7 Å². The van der Waals surface area contributed by atoms with Gasteiger partial charge in [-0.05, 0) is 29.8 Å². The van der Waals surface area contributed by atoms with Gasteiger partial charge in [-0.3, -0.25) is 15.5 Å². The van der Waals surface area contributed by atoms with E-state index < -0.39 is 14.9 Å². The molecule has 3 rings (SSSR count). The number of rotatable bonds is 3. The largest absolute Gasteiger partial charge is 0.285 e. The van der Waals surface area contributed by atoms with E-state index in [1.54, 1.807) is 18.2 Å². The average molecular weight is 330 g/mol. The molecule has 2 aromatic carbocycles.